The van der Waals surface area contributed by atoms with Crippen LogP contribution >= 0.6 is 0 Å². The third-order valence-electron chi connectivity index (χ3n) is 5.15. The van der Waals surface area contributed by atoms with Gasteiger partial charge in [-0.05, 0) is 41.0 Å². The SMILES string of the molecule is COc1ccc2nc3cc(-c4ccccc4)ccc3c(-c3ccccc3)c2c1. The van der Waals surface area contributed by atoms with Gasteiger partial charge in [-0.2, -0.15) is 0 Å². The van der Waals surface area contributed by atoms with E-state index in [-0.39, 0.29) is 0 Å². The fraction of sp³-hybridized carbons (Fsp3) is 0.0385. The average molecular weight is 361 g/mol. The predicted octanol–water partition coefficient (Wildman–Crippen LogP) is 6.73. The normalized spacial score (nSPS) is 11.0. The van der Waals surface area contributed by atoms with Crippen LogP contribution in [0.3, 0.4) is 0 Å². The number of ether oxygens (including phenoxy) is 1. The van der Waals surface area contributed by atoms with Crippen LogP contribution in [0.25, 0.3) is 44.1 Å². The van der Waals surface area contributed by atoms with Crippen LogP contribution in [0.5, 0.6) is 5.75 Å². The lowest BCUT2D eigenvalue weighted by Gasteiger charge is -2.13. The van der Waals surface area contributed by atoms with Crippen LogP contribution in [0.1, 0.15) is 0 Å². The van der Waals surface area contributed by atoms with Crippen molar-refractivity contribution in [2.45, 2.75) is 0 Å². The quantitative estimate of drug-likeness (QED) is 0.332. The average Bonchev–Trinajstić information content (AvgIpc) is 2.78. The third-order valence-corrected chi connectivity index (χ3v) is 5.15. The monoisotopic (exact) mass is 361 g/mol. The maximum Gasteiger partial charge on any atom is 0.119 e. The molecule has 1 aromatic heterocycles. The van der Waals surface area contributed by atoms with Crippen molar-refractivity contribution < 1.29 is 4.74 Å². The zero-order chi connectivity index (χ0) is 18.9. The minimum atomic E-state index is 0.840. The minimum absolute atomic E-state index is 0.840. The molecule has 4 aromatic carbocycles. The van der Waals surface area contributed by atoms with E-state index in [1.807, 2.05) is 24.3 Å². The first-order valence-electron chi connectivity index (χ1n) is 9.36. The molecule has 0 saturated carbocycles. The summed E-state index contributed by atoms with van der Waals surface area (Å²) in [5.74, 6) is 0.840. The van der Waals surface area contributed by atoms with Crippen molar-refractivity contribution in [3.63, 3.8) is 0 Å². The highest BCUT2D eigenvalue weighted by atomic mass is 16.5. The van der Waals surface area contributed by atoms with Gasteiger partial charge >= 0.3 is 0 Å². The molecule has 0 saturated heterocycles. The van der Waals surface area contributed by atoms with E-state index in [1.165, 1.54) is 22.3 Å². The van der Waals surface area contributed by atoms with Crippen LogP contribution in [-0.4, -0.2) is 12.1 Å². The molecule has 134 valence electrons. The van der Waals surface area contributed by atoms with E-state index in [0.29, 0.717) is 0 Å². The zero-order valence-corrected chi connectivity index (χ0v) is 15.6. The molecule has 0 aliphatic rings. The highest BCUT2D eigenvalue weighted by Gasteiger charge is 2.13. The fourth-order valence-corrected chi connectivity index (χ4v) is 3.78. The Morgan fingerprint density at radius 3 is 2.00 bits per heavy atom. The van der Waals surface area contributed by atoms with Crippen molar-refractivity contribution in [3.8, 4) is 28.0 Å². The number of aromatic nitrogens is 1. The van der Waals surface area contributed by atoms with Crippen LogP contribution in [0, 0.1) is 0 Å². The minimum Gasteiger partial charge on any atom is -0.497 e. The Morgan fingerprint density at radius 1 is 0.571 bits per heavy atom. The van der Waals surface area contributed by atoms with Gasteiger partial charge in [0.15, 0.2) is 0 Å². The molecule has 0 unspecified atom stereocenters. The molecule has 0 bridgehead atoms. The van der Waals surface area contributed by atoms with Crippen LogP contribution in [0.2, 0.25) is 0 Å². The highest BCUT2D eigenvalue weighted by Crippen LogP contribution is 2.37. The van der Waals surface area contributed by atoms with Crippen LogP contribution in [0.4, 0.5) is 0 Å². The summed E-state index contributed by atoms with van der Waals surface area (Å²) in [6.45, 7) is 0. The van der Waals surface area contributed by atoms with E-state index < -0.39 is 0 Å². The van der Waals surface area contributed by atoms with Gasteiger partial charge in [0.05, 0.1) is 18.1 Å². The Balaban J connectivity index is 1.85. The van der Waals surface area contributed by atoms with Crippen LogP contribution < -0.4 is 4.74 Å². The summed E-state index contributed by atoms with van der Waals surface area (Å²) < 4.78 is 5.47. The van der Waals surface area contributed by atoms with Crippen molar-refractivity contribution in [2.24, 2.45) is 0 Å². The molecule has 0 aliphatic carbocycles. The first-order chi connectivity index (χ1) is 13.8. The van der Waals surface area contributed by atoms with E-state index >= 15 is 0 Å². The molecular formula is C26H19NO. The molecule has 0 radical (unpaired) electrons. The van der Waals surface area contributed by atoms with Crippen molar-refractivity contribution in [1.29, 1.82) is 0 Å². The molecule has 0 atom stereocenters. The summed E-state index contributed by atoms with van der Waals surface area (Å²) in [6.07, 6.45) is 0. The number of pyridine rings is 1. The topological polar surface area (TPSA) is 22.1 Å². The van der Waals surface area contributed by atoms with Crippen LogP contribution in [-0.2, 0) is 0 Å². The van der Waals surface area contributed by atoms with Crippen molar-refractivity contribution in [1.82, 2.24) is 4.98 Å². The van der Waals surface area contributed by atoms with E-state index in [0.717, 1.165) is 27.6 Å². The smallest absolute Gasteiger partial charge is 0.119 e. The van der Waals surface area contributed by atoms with Gasteiger partial charge in [0, 0.05) is 16.3 Å². The Kier molecular flexibility index (Phi) is 4.02. The maximum atomic E-state index is 5.47. The molecule has 0 spiro atoms. The Morgan fingerprint density at radius 2 is 1.29 bits per heavy atom. The summed E-state index contributed by atoms with van der Waals surface area (Å²) in [6, 6.07) is 33.6. The second-order valence-corrected chi connectivity index (χ2v) is 6.83. The van der Waals surface area contributed by atoms with E-state index in [1.54, 1.807) is 7.11 Å². The molecule has 0 aliphatic heterocycles. The Labute approximate surface area is 164 Å². The maximum absolute atomic E-state index is 5.47. The molecule has 0 amide bonds. The lowest BCUT2D eigenvalue weighted by Crippen LogP contribution is -1.91. The largest absolute Gasteiger partial charge is 0.497 e. The van der Waals surface area contributed by atoms with Gasteiger partial charge in [-0.3, -0.25) is 0 Å². The molecule has 2 nitrogen and oxygen atoms in total. The number of benzene rings is 4. The van der Waals surface area contributed by atoms with Gasteiger partial charge in [0.1, 0.15) is 5.75 Å². The first kappa shape index (κ1) is 16.5. The standard InChI is InChI=1S/C26H19NO/c1-28-21-13-15-24-23(17-21)26(19-10-6-3-7-11-19)22-14-12-20(16-25(22)27-24)18-8-4-2-5-9-18/h2-17H,1H3. The third kappa shape index (κ3) is 2.80. The van der Waals surface area contributed by atoms with Crippen molar-refractivity contribution >= 4 is 21.8 Å². The lowest BCUT2D eigenvalue weighted by atomic mass is 9.94. The second-order valence-electron chi connectivity index (χ2n) is 6.83. The van der Waals surface area contributed by atoms with Gasteiger partial charge < -0.3 is 4.74 Å². The predicted molar refractivity (Wildman–Crippen MR) is 117 cm³/mol. The number of nitrogens with zero attached hydrogens (tertiary/aromatic N) is 1. The zero-order valence-electron chi connectivity index (χ0n) is 15.6. The number of rotatable bonds is 3. The number of hydrogen-bond donors (Lipinski definition) is 0. The summed E-state index contributed by atoms with van der Waals surface area (Å²) >= 11 is 0. The second kappa shape index (κ2) is 6.82. The van der Waals surface area contributed by atoms with E-state index in [9.17, 15) is 0 Å². The Hall–Kier alpha value is -3.65. The molecule has 5 rings (SSSR count). The summed E-state index contributed by atoms with van der Waals surface area (Å²) in [7, 11) is 1.70. The van der Waals surface area contributed by atoms with E-state index in [2.05, 4.69) is 72.8 Å². The van der Waals surface area contributed by atoms with Gasteiger partial charge in [0.2, 0.25) is 0 Å². The van der Waals surface area contributed by atoms with E-state index in [4.69, 9.17) is 9.72 Å². The molecule has 28 heavy (non-hydrogen) atoms. The first-order valence-corrected chi connectivity index (χ1v) is 9.36. The van der Waals surface area contributed by atoms with Crippen molar-refractivity contribution in [2.75, 3.05) is 7.11 Å². The van der Waals surface area contributed by atoms with Gasteiger partial charge in [-0.25, -0.2) is 4.98 Å². The van der Waals surface area contributed by atoms with Gasteiger partial charge in [-0.15, -0.1) is 0 Å². The molecule has 0 N–H and O–H groups in total. The highest BCUT2D eigenvalue weighted by molar-refractivity contribution is 6.10. The summed E-state index contributed by atoms with van der Waals surface area (Å²) in [5, 5.41) is 2.25. The molecule has 5 aromatic rings. The van der Waals surface area contributed by atoms with Gasteiger partial charge in [-0.1, -0.05) is 72.8 Å². The summed E-state index contributed by atoms with van der Waals surface area (Å²) in [5.41, 5.74) is 6.71. The molecule has 2 heteroatoms. The number of methoxy groups -OCH3 is 1. The van der Waals surface area contributed by atoms with Crippen LogP contribution in [0.15, 0.2) is 97.1 Å². The lowest BCUT2D eigenvalue weighted by molar-refractivity contribution is 0.415. The summed E-state index contributed by atoms with van der Waals surface area (Å²) in [4.78, 5) is 4.97. The molecule has 0 fully saturated rings. The molecule has 1 heterocycles. The number of fused-ring (bicyclic) bond motifs is 2. The molecular weight excluding hydrogens is 342 g/mol. The number of hydrogen-bond acceptors (Lipinski definition) is 2. The Bertz CT molecular complexity index is 1280. The van der Waals surface area contributed by atoms with Gasteiger partial charge in [0.25, 0.3) is 0 Å². The fourth-order valence-electron chi connectivity index (χ4n) is 3.78. The van der Waals surface area contributed by atoms with Crippen molar-refractivity contribution in [3.05, 3.63) is 97.1 Å².